The van der Waals surface area contributed by atoms with Crippen molar-refractivity contribution in [3.05, 3.63) is 53.2 Å². The quantitative estimate of drug-likeness (QED) is 0.612. The molecule has 0 spiro atoms. The third-order valence-electron chi connectivity index (χ3n) is 4.53. The maximum Gasteiger partial charge on any atom is 0.265 e. The van der Waals surface area contributed by atoms with Gasteiger partial charge >= 0.3 is 0 Å². The molecule has 0 aliphatic rings. The first kappa shape index (κ1) is 21.4. The van der Waals surface area contributed by atoms with Crippen LogP contribution in [0, 0.1) is 20.8 Å². The monoisotopic (exact) mass is 429 g/mol. The number of nitrogens with zero attached hydrogens (tertiary/aromatic N) is 1. The van der Waals surface area contributed by atoms with Crippen LogP contribution in [0.5, 0.6) is 5.75 Å². The van der Waals surface area contributed by atoms with Crippen molar-refractivity contribution < 1.29 is 22.5 Å². The number of nitrogens with one attached hydrogen (secondary N) is 2. The predicted octanol–water partition coefficient (Wildman–Crippen LogP) is 4.03. The van der Waals surface area contributed by atoms with Crippen molar-refractivity contribution in [3.63, 3.8) is 0 Å². The molecular formula is C21H23N3O5S. The van der Waals surface area contributed by atoms with Crippen LogP contribution in [0.4, 0.5) is 11.6 Å². The van der Waals surface area contributed by atoms with Gasteiger partial charge in [-0.2, -0.15) is 0 Å². The van der Waals surface area contributed by atoms with Gasteiger partial charge in [0.15, 0.2) is 0 Å². The Labute approximate surface area is 175 Å². The van der Waals surface area contributed by atoms with E-state index in [0.29, 0.717) is 22.5 Å². The third kappa shape index (κ3) is 4.30. The fourth-order valence-electron chi connectivity index (χ4n) is 3.04. The van der Waals surface area contributed by atoms with Crippen LogP contribution in [0.1, 0.15) is 23.7 Å². The molecule has 2 N–H and O–H groups in total. The number of hydrogen-bond donors (Lipinski definition) is 2. The van der Waals surface area contributed by atoms with Crippen LogP contribution in [0.25, 0.3) is 11.1 Å². The lowest BCUT2D eigenvalue weighted by atomic mass is 10.1. The third-order valence-corrected chi connectivity index (χ3v) is 5.92. The molecule has 1 aromatic heterocycles. The Balaban J connectivity index is 2.11. The number of carbonyl (C=O) groups excluding carboxylic acids is 1. The summed E-state index contributed by atoms with van der Waals surface area (Å²) >= 11 is 0. The minimum Gasteiger partial charge on any atom is -0.495 e. The second kappa shape index (κ2) is 8.19. The van der Waals surface area contributed by atoms with Gasteiger partial charge < -0.3 is 9.26 Å². The number of anilines is 2. The lowest BCUT2D eigenvalue weighted by Crippen LogP contribution is -2.15. The molecule has 1 amide bonds. The summed E-state index contributed by atoms with van der Waals surface area (Å²) in [6, 6.07) is 10.2. The summed E-state index contributed by atoms with van der Waals surface area (Å²) in [5.74, 6) is 0.00749. The molecule has 9 heteroatoms. The predicted molar refractivity (Wildman–Crippen MR) is 114 cm³/mol. The highest BCUT2D eigenvalue weighted by Gasteiger charge is 2.24. The van der Waals surface area contributed by atoms with Crippen molar-refractivity contribution in [3.8, 4) is 16.9 Å². The topological polar surface area (TPSA) is 111 Å². The van der Waals surface area contributed by atoms with Crippen LogP contribution < -0.4 is 14.8 Å². The molecule has 0 saturated carbocycles. The summed E-state index contributed by atoms with van der Waals surface area (Å²) in [5, 5.41) is 6.45. The Bertz CT molecular complexity index is 1220. The molecule has 0 aliphatic heterocycles. The van der Waals surface area contributed by atoms with Crippen LogP contribution >= 0.6 is 0 Å². The van der Waals surface area contributed by atoms with Gasteiger partial charge in [-0.1, -0.05) is 23.4 Å². The number of ether oxygens (including phenoxy) is 1. The van der Waals surface area contributed by atoms with Crippen molar-refractivity contribution in [2.45, 2.75) is 32.6 Å². The zero-order valence-electron chi connectivity index (χ0n) is 17.4. The van der Waals surface area contributed by atoms with Crippen molar-refractivity contribution in [2.24, 2.45) is 0 Å². The zero-order chi connectivity index (χ0) is 22.1. The molecule has 0 radical (unpaired) electrons. The number of methoxy groups -OCH3 is 1. The Morgan fingerprint density at radius 1 is 1.10 bits per heavy atom. The number of hydrogen-bond acceptors (Lipinski definition) is 6. The van der Waals surface area contributed by atoms with Crippen LogP contribution in [0.15, 0.2) is 45.8 Å². The minimum absolute atomic E-state index is 0.0437. The van der Waals surface area contributed by atoms with Gasteiger partial charge in [0, 0.05) is 6.92 Å². The maximum absolute atomic E-state index is 13.2. The maximum atomic E-state index is 13.2. The number of sulfonamides is 1. The largest absolute Gasteiger partial charge is 0.495 e. The Morgan fingerprint density at radius 2 is 1.83 bits per heavy atom. The summed E-state index contributed by atoms with van der Waals surface area (Å²) < 4.78 is 39.5. The first-order valence-corrected chi connectivity index (χ1v) is 10.6. The van der Waals surface area contributed by atoms with Gasteiger partial charge in [0.05, 0.1) is 24.1 Å². The molecule has 30 heavy (non-hydrogen) atoms. The van der Waals surface area contributed by atoms with Gasteiger partial charge in [-0.3, -0.25) is 14.8 Å². The Morgan fingerprint density at radius 3 is 2.50 bits per heavy atom. The van der Waals surface area contributed by atoms with E-state index in [2.05, 4.69) is 15.2 Å². The number of carbonyl (C=O) groups is 1. The molecule has 0 bridgehead atoms. The molecule has 3 rings (SSSR count). The number of amides is 1. The average Bonchev–Trinajstić information content (AvgIpc) is 3.03. The standard InChI is InChI=1S/C21H23N3O5S/c1-12-6-7-13(2)17(10-12)24-30(26,27)19-11-16(8-9-18(19)28-5)20-14(3)23-29-21(20)22-15(4)25/h6-11,24H,1-5H3,(H,22,25). The summed E-state index contributed by atoms with van der Waals surface area (Å²) in [7, 11) is -2.57. The van der Waals surface area contributed by atoms with Gasteiger partial charge in [0.2, 0.25) is 11.8 Å². The fourth-order valence-corrected chi connectivity index (χ4v) is 4.36. The SMILES string of the molecule is COc1ccc(-c2c(C)noc2NC(C)=O)cc1S(=O)(=O)Nc1cc(C)ccc1C. The average molecular weight is 429 g/mol. The minimum atomic E-state index is -3.97. The van der Waals surface area contributed by atoms with Gasteiger partial charge in [-0.25, -0.2) is 8.42 Å². The molecule has 0 saturated heterocycles. The molecular weight excluding hydrogens is 406 g/mol. The van der Waals surface area contributed by atoms with Gasteiger partial charge in [-0.15, -0.1) is 0 Å². The Kier molecular flexibility index (Phi) is 5.84. The second-order valence-corrected chi connectivity index (χ2v) is 8.59. The van der Waals surface area contributed by atoms with Crippen molar-refractivity contribution in [1.29, 1.82) is 0 Å². The van der Waals surface area contributed by atoms with E-state index in [0.717, 1.165) is 11.1 Å². The van der Waals surface area contributed by atoms with Crippen LogP contribution in [-0.4, -0.2) is 26.6 Å². The summed E-state index contributed by atoms with van der Waals surface area (Å²) in [4.78, 5) is 11.4. The number of rotatable bonds is 6. The summed E-state index contributed by atoms with van der Waals surface area (Å²) in [6.07, 6.45) is 0. The molecule has 0 fully saturated rings. The van der Waals surface area contributed by atoms with E-state index in [1.807, 2.05) is 26.0 Å². The number of benzene rings is 2. The van der Waals surface area contributed by atoms with Gasteiger partial charge in [0.1, 0.15) is 10.6 Å². The first-order chi connectivity index (χ1) is 14.1. The summed E-state index contributed by atoms with van der Waals surface area (Å²) in [5.41, 5.74) is 3.73. The Hall–Kier alpha value is -3.33. The lowest BCUT2D eigenvalue weighted by molar-refractivity contribution is -0.114. The van der Waals surface area contributed by atoms with Gasteiger partial charge in [-0.05, 0) is 55.7 Å². The van der Waals surface area contributed by atoms with E-state index in [9.17, 15) is 13.2 Å². The zero-order valence-corrected chi connectivity index (χ0v) is 18.2. The van der Waals surface area contributed by atoms with E-state index >= 15 is 0 Å². The van der Waals surface area contributed by atoms with E-state index in [-0.39, 0.29) is 22.4 Å². The van der Waals surface area contributed by atoms with E-state index in [4.69, 9.17) is 9.26 Å². The normalized spacial score (nSPS) is 11.2. The van der Waals surface area contributed by atoms with E-state index < -0.39 is 10.0 Å². The molecule has 1 heterocycles. The van der Waals surface area contributed by atoms with Crippen molar-refractivity contribution in [2.75, 3.05) is 17.1 Å². The van der Waals surface area contributed by atoms with Gasteiger partial charge in [0.25, 0.3) is 10.0 Å². The second-order valence-electron chi connectivity index (χ2n) is 6.94. The van der Waals surface area contributed by atoms with Crippen LogP contribution in [0.3, 0.4) is 0 Å². The molecule has 2 aromatic carbocycles. The van der Waals surface area contributed by atoms with Crippen LogP contribution in [0.2, 0.25) is 0 Å². The lowest BCUT2D eigenvalue weighted by Gasteiger charge is -2.15. The smallest absolute Gasteiger partial charge is 0.265 e. The molecule has 8 nitrogen and oxygen atoms in total. The molecule has 0 atom stereocenters. The highest BCUT2D eigenvalue weighted by molar-refractivity contribution is 7.92. The van der Waals surface area contributed by atoms with E-state index in [1.165, 1.54) is 20.1 Å². The molecule has 0 aliphatic carbocycles. The van der Waals surface area contributed by atoms with Crippen LogP contribution in [-0.2, 0) is 14.8 Å². The highest BCUT2D eigenvalue weighted by Crippen LogP contribution is 2.36. The molecule has 158 valence electrons. The van der Waals surface area contributed by atoms with E-state index in [1.54, 1.807) is 25.1 Å². The fraction of sp³-hybridized carbons (Fsp3) is 0.238. The molecule has 3 aromatic rings. The summed E-state index contributed by atoms with van der Waals surface area (Å²) in [6.45, 7) is 6.76. The van der Waals surface area contributed by atoms with Crippen molar-refractivity contribution >= 4 is 27.5 Å². The van der Waals surface area contributed by atoms with Crippen molar-refractivity contribution in [1.82, 2.24) is 5.16 Å². The highest BCUT2D eigenvalue weighted by atomic mass is 32.2. The first-order valence-electron chi connectivity index (χ1n) is 9.14. The number of aromatic nitrogens is 1. The molecule has 0 unspecified atom stereocenters. The number of aryl methyl sites for hydroxylation is 3.